The summed E-state index contributed by atoms with van der Waals surface area (Å²) in [6, 6.07) is 0. The monoisotopic (exact) mass is 111 g/mol. The second-order valence-electron chi connectivity index (χ2n) is 3.03. The molecule has 2 fully saturated rings. The molecule has 1 radical (unpaired) electrons. The fourth-order valence-electron chi connectivity index (χ4n) is 1.63. The molecule has 0 spiro atoms. The average molecular weight is 111 g/mol. The molecule has 2 unspecified atom stereocenters. The lowest BCUT2D eigenvalue weighted by Crippen LogP contribution is -2.54. The molecule has 0 amide bonds. The van der Waals surface area contributed by atoms with Gasteiger partial charge in [0.25, 0.3) is 0 Å². The molecule has 0 aromatic carbocycles. The number of nitrogens with two attached hydrogens (primary N) is 1. The molecule has 45 valence electrons. The first kappa shape index (κ1) is 4.77. The number of rotatable bonds is 0. The summed E-state index contributed by atoms with van der Waals surface area (Å²) in [6.07, 6.45) is 2.53. The van der Waals surface area contributed by atoms with E-state index in [9.17, 15) is 0 Å². The van der Waals surface area contributed by atoms with Crippen LogP contribution in [0, 0.1) is 5.92 Å². The van der Waals surface area contributed by atoms with E-state index in [1.807, 2.05) is 0 Å². The molecule has 8 heavy (non-hydrogen) atoms. The summed E-state index contributed by atoms with van der Waals surface area (Å²) in [6.45, 7) is 1.97. The number of hydrogen-bond donors (Lipinski definition) is 1. The van der Waals surface area contributed by atoms with Gasteiger partial charge in [0.1, 0.15) is 0 Å². The molecule has 2 aliphatic rings. The van der Waals surface area contributed by atoms with E-state index in [-0.39, 0.29) is 5.54 Å². The van der Waals surface area contributed by atoms with Crippen molar-refractivity contribution in [1.29, 1.82) is 0 Å². The van der Waals surface area contributed by atoms with Crippen molar-refractivity contribution in [2.75, 3.05) is 13.1 Å². The van der Waals surface area contributed by atoms with Gasteiger partial charge in [0.2, 0.25) is 0 Å². The predicted molar refractivity (Wildman–Crippen MR) is 31.5 cm³/mol. The molecule has 0 bridgehead atoms. The summed E-state index contributed by atoms with van der Waals surface area (Å²) in [5.74, 6) is 0.752. The highest BCUT2D eigenvalue weighted by molar-refractivity contribution is 5.06. The van der Waals surface area contributed by atoms with E-state index in [1.165, 1.54) is 12.8 Å². The van der Waals surface area contributed by atoms with Crippen molar-refractivity contribution in [2.45, 2.75) is 18.4 Å². The quantitative estimate of drug-likeness (QED) is 0.458. The lowest BCUT2D eigenvalue weighted by molar-refractivity contribution is 0.189. The van der Waals surface area contributed by atoms with Crippen LogP contribution in [0.4, 0.5) is 0 Å². The standard InChI is InChI=1S/C6H11N2/c7-6-2-1-5(6)3-8-4-6/h5H,1-4,7H2. The van der Waals surface area contributed by atoms with Gasteiger partial charge in [-0.25, -0.2) is 5.32 Å². The van der Waals surface area contributed by atoms with Crippen LogP contribution in [-0.2, 0) is 0 Å². The summed E-state index contributed by atoms with van der Waals surface area (Å²) in [7, 11) is 0. The molecule has 1 saturated carbocycles. The Morgan fingerprint density at radius 1 is 1.62 bits per heavy atom. The fraction of sp³-hybridized carbons (Fsp3) is 1.00. The molecule has 2 heteroatoms. The lowest BCUT2D eigenvalue weighted by Gasteiger charge is -2.40. The van der Waals surface area contributed by atoms with Crippen molar-refractivity contribution in [3.8, 4) is 0 Å². The Morgan fingerprint density at radius 3 is 2.75 bits per heavy atom. The topological polar surface area (TPSA) is 40.1 Å². The van der Waals surface area contributed by atoms with Gasteiger partial charge in [-0.2, -0.15) is 0 Å². The SMILES string of the molecule is NC12CCC1C[N]C2. The van der Waals surface area contributed by atoms with Crippen LogP contribution < -0.4 is 11.1 Å². The van der Waals surface area contributed by atoms with Crippen molar-refractivity contribution in [3.05, 3.63) is 0 Å². The van der Waals surface area contributed by atoms with Crippen LogP contribution in [-0.4, -0.2) is 18.6 Å². The Hall–Kier alpha value is -0.0800. The van der Waals surface area contributed by atoms with E-state index < -0.39 is 0 Å². The van der Waals surface area contributed by atoms with Crippen LogP contribution in [0.1, 0.15) is 12.8 Å². The molecule has 0 aromatic rings. The van der Waals surface area contributed by atoms with Gasteiger partial charge in [0, 0.05) is 18.6 Å². The highest BCUT2D eigenvalue weighted by Gasteiger charge is 2.47. The van der Waals surface area contributed by atoms with Crippen LogP contribution in [0.15, 0.2) is 0 Å². The zero-order valence-electron chi connectivity index (χ0n) is 4.93. The van der Waals surface area contributed by atoms with Crippen LogP contribution in [0.25, 0.3) is 0 Å². The van der Waals surface area contributed by atoms with Gasteiger partial charge >= 0.3 is 0 Å². The first-order valence-corrected chi connectivity index (χ1v) is 3.23. The van der Waals surface area contributed by atoms with Gasteiger partial charge in [-0.1, -0.05) is 0 Å². The molecule has 2 atom stereocenters. The van der Waals surface area contributed by atoms with Crippen molar-refractivity contribution in [3.63, 3.8) is 0 Å². The van der Waals surface area contributed by atoms with Gasteiger partial charge in [-0.3, -0.25) is 0 Å². The van der Waals surface area contributed by atoms with Crippen molar-refractivity contribution in [1.82, 2.24) is 5.32 Å². The Morgan fingerprint density at radius 2 is 2.50 bits per heavy atom. The third-order valence-corrected chi connectivity index (χ3v) is 2.53. The first-order valence-electron chi connectivity index (χ1n) is 3.23. The summed E-state index contributed by atoms with van der Waals surface area (Å²) >= 11 is 0. The minimum atomic E-state index is 0.167. The average Bonchev–Trinajstić information content (AvgIpc) is 1.94. The number of hydrogen-bond acceptors (Lipinski definition) is 1. The third kappa shape index (κ3) is 0.400. The summed E-state index contributed by atoms with van der Waals surface area (Å²) in [4.78, 5) is 0. The molecular formula is C6H11N2. The molecule has 1 saturated heterocycles. The van der Waals surface area contributed by atoms with Crippen LogP contribution in [0.5, 0.6) is 0 Å². The Labute approximate surface area is 49.4 Å². The maximum Gasteiger partial charge on any atom is 0.0339 e. The Bertz CT molecular complexity index is 113. The van der Waals surface area contributed by atoms with Crippen molar-refractivity contribution in [2.24, 2.45) is 11.7 Å². The van der Waals surface area contributed by atoms with Gasteiger partial charge in [-0.05, 0) is 18.8 Å². The molecule has 2 rings (SSSR count). The molecule has 1 aliphatic heterocycles. The smallest absolute Gasteiger partial charge is 0.0339 e. The summed E-state index contributed by atoms with van der Waals surface area (Å²) in [5, 5.41) is 4.25. The van der Waals surface area contributed by atoms with E-state index in [0.29, 0.717) is 0 Å². The number of nitrogens with zero attached hydrogens (tertiary/aromatic N) is 1. The maximum absolute atomic E-state index is 5.91. The van der Waals surface area contributed by atoms with Crippen molar-refractivity contribution < 1.29 is 0 Å². The minimum absolute atomic E-state index is 0.167. The molecule has 1 heterocycles. The summed E-state index contributed by atoms with van der Waals surface area (Å²) < 4.78 is 0. The molecule has 2 nitrogen and oxygen atoms in total. The van der Waals surface area contributed by atoms with Gasteiger partial charge in [-0.15, -0.1) is 0 Å². The molecule has 2 N–H and O–H groups in total. The van der Waals surface area contributed by atoms with E-state index in [2.05, 4.69) is 5.32 Å². The molecule has 0 aromatic heterocycles. The van der Waals surface area contributed by atoms with E-state index in [4.69, 9.17) is 5.73 Å². The van der Waals surface area contributed by atoms with E-state index in [1.54, 1.807) is 0 Å². The minimum Gasteiger partial charge on any atom is -0.324 e. The van der Waals surface area contributed by atoms with Gasteiger partial charge in [0.05, 0.1) is 0 Å². The van der Waals surface area contributed by atoms with E-state index >= 15 is 0 Å². The summed E-state index contributed by atoms with van der Waals surface area (Å²) in [5.41, 5.74) is 6.08. The second-order valence-corrected chi connectivity index (χ2v) is 3.03. The predicted octanol–water partition coefficient (Wildman–Crippen LogP) is -0.288. The lowest BCUT2D eigenvalue weighted by atomic mass is 9.70. The van der Waals surface area contributed by atoms with Crippen LogP contribution >= 0.6 is 0 Å². The Kier molecular flexibility index (Phi) is 0.746. The van der Waals surface area contributed by atoms with E-state index in [0.717, 1.165) is 19.0 Å². The van der Waals surface area contributed by atoms with Gasteiger partial charge < -0.3 is 5.73 Å². The third-order valence-electron chi connectivity index (χ3n) is 2.53. The molecular weight excluding hydrogens is 100 g/mol. The first-order chi connectivity index (χ1) is 3.81. The highest BCUT2D eigenvalue weighted by Crippen LogP contribution is 2.39. The maximum atomic E-state index is 5.91. The highest BCUT2D eigenvalue weighted by atomic mass is 15.0. The molecule has 1 aliphatic carbocycles. The zero-order chi connectivity index (χ0) is 5.61. The van der Waals surface area contributed by atoms with Crippen molar-refractivity contribution >= 4 is 0 Å². The normalized spacial score (nSPS) is 52.9. The largest absolute Gasteiger partial charge is 0.324 e. The fourth-order valence-corrected chi connectivity index (χ4v) is 1.63. The van der Waals surface area contributed by atoms with Crippen LogP contribution in [0.3, 0.4) is 0 Å². The second kappa shape index (κ2) is 1.25. The Balaban J connectivity index is 2.14. The zero-order valence-corrected chi connectivity index (χ0v) is 4.93. The number of fused-ring (bicyclic) bond motifs is 1. The van der Waals surface area contributed by atoms with Crippen LogP contribution in [0.2, 0.25) is 0 Å². The van der Waals surface area contributed by atoms with Gasteiger partial charge in [0.15, 0.2) is 0 Å².